The van der Waals surface area contributed by atoms with Gasteiger partial charge in [0.1, 0.15) is 0 Å². The first-order valence-electron chi connectivity index (χ1n) is 8.95. The summed E-state index contributed by atoms with van der Waals surface area (Å²) in [5.74, 6) is 0.0276. The number of thiophene rings is 1. The van der Waals surface area contributed by atoms with Crippen LogP contribution in [0.4, 0.5) is 4.79 Å². The van der Waals surface area contributed by atoms with Gasteiger partial charge in [0.2, 0.25) is 5.78 Å². The topological polar surface area (TPSA) is 58.2 Å². The van der Waals surface area contributed by atoms with Crippen molar-refractivity contribution in [3.63, 3.8) is 0 Å². The Morgan fingerprint density at radius 2 is 1.68 bits per heavy atom. The van der Waals surface area contributed by atoms with Crippen molar-refractivity contribution in [2.24, 2.45) is 0 Å². The van der Waals surface area contributed by atoms with Gasteiger partial charge in [-0.05, 0) is 25.0 Å². The second-order valence-corrected chi connectivity index (χ2v) is 7.64. The van der Waals surface area contributed by atoms with Crippen molar-refractivity contribution in [1.82, 2.24) is 10.6 Å². The van der Waals surface area contributed by atoms with Crippen molar-refractivity contribution in [1.29, 1.82) is 0 Å². The number of hydrogen-bond acceptors (Lipinski definition) is 3. The molecule has 1 aromatic carbocycles. The minimum Gasteiger partial charge on any atom is -0.335 e. The van der Waals surface area contributed by atoms with Gasteiger partial charge in [0.25, 0.3) is 0 Å². The van der Waals surface area contributed by atoms with Gasteiger partial charge in [0.15, 0.2) is 0 Å². The summed E-state index contributed by atoms with van der Waals surface area (Å²) in [5, 5.41) is 5.98. The number of carbonyl (C=O) groups is 2. The Morgan fingerprint density at radius 1 is 0.960 bits per heavy atom. The van der Waals surface area contributed by atoms with Crippen molar-refractivity contribution in [3.05, 3.63) is 57.8 Å². The summed E-state index contributed by atoms with van der Waals surface area (Å²) in [7, 11) is 0. The lowest BCUT2D eigenvalue weighted by Crippen LogP contribution is -2.41. The van der Waals surface area contributed by atoms with Gasteiger partial charge in [-0.15, -0.1) is 11.3 Å². The molecule has 0 aliphatic heterocycles. The third-order valence-corrected chi connectivity index (χ3v) is 5.62. The fourth-order valence-electron chi connectivity index (χ4n) is 3.15. The SMILES string of the molecule is O=C(NCc1ccc(C(=O)c2ccccc2)s1)NC1CCCCCC1. The van der Waals surface area contributed by atoms with E-state index in [0.29, 0.717) is 23.0 Å². The monoisotopic (exact) mass is 356 g/mol. The molecule has 25 heavy (non-hydrogen) atoms. The predicted octanol–water partition coefficient (Wildman–Crippen LogP) is 4.50. The number of amides is 2. The van der Waals surface area contributed by atoms with Crippen LogP contribution in [0.3, 0.4) is 0 Å². The molecule has 1 saturated carbocycles. The van der Waals surface area contributed by atoms with E-state index in [4.69, 9.17) is 0 Å². The van der Waals surface area contributed by atoms with Gasteiger partial charge in [-0.1, -0.05) is 56.0 Å². The smallest absolute Gasteiger partial charge is 0.315 e. The minimum atomic E-state index is -0.115. The van der Waals surface area contributed by atoms with Crippen LogP contribution in [-0.4, -0.2) is 17.9 Å². The Bertz CT molecular complexity index is 703. The van der Waals surface area contributed by atoms with E-state index in [2.05, 4.69) is 10.6 Å². The molecule has 1 heterocycles. The molecule has 1 aliphatic rings. The van der Waals surface area contributed by atoms with Crippen LogP contribution >= 0.6 is 11.3 Å². The number of urea groups is 1. The van der Waals surface area contributed by atoms with Crippen LogP contribution in [0.25, 0.3) is 0 Å². The predicted molar refractivity (Wildman–Crippen MR) is 101 cm³/mol. The number of carbonyl (C=O) groups excluding carboxylic acids is 2. The summed E-state index contributed by atoms with van der Waals surface area (Å²) in [4.78, 5) is 26.2. The summed E-state index contributed by atoms with van der Waals surface area (Å²) in [6.07, 6.45) is 7.08. The van der Waals surface area contributed by atoms with Crippen LogP contribution in [0.1, 0.15) is 58.6 Å². The molecular weight excluding hydrogens is 332 g/mol. The molecule has 3 rings (SSSR count). The van der Waals surface area contributed by atoms with E-state index >= 15 is 0 Å². The lowest BCUT2D eigenvalue weighted by atomic mass is 10.1. The van der Waals surface area contributed by atoms with E-state index in [1.807, 2.05) is 42.5 Å². The second kappa shape index (κ2) is 8.81. The quantitative estimate of drug-likeness (QED) is 0.612. The van der Waals surface area contributed by atoms with Crippen LogP contribution in [0.15, 0.2) is 42.5 Å². The molecule has 132 valence electrons. The molecule has 1 aliphatic carbocycles. The van der Waals surface area contributed by atoms with Crippen LogP contribution in [0.5, 0.6) is 0 Å². The number of benzene rings is 1. The van der Waals surface area contributed by atoms with E-state index < -0.39 is 0 Å². The normalized spacial score (nSPS) is 15.4. The molecule has 0 saturated heterocycles. The molecule has 2 N–H and O–H groups in total. The van der Waals surface area contributed by atoms with Gasteiger partial charge in [-0.25, -0.2) is 4.79 Å². The molecule has 0 atom stereocenters. The number of nitrogens with one attached hydrogen (secondary N) is 2. The summed E-state index contributed by atoms with van der Waals surface area (Å²) < 4.78 is 0. The van der Waals surface area contributed by atoms with Crippen molar-refractivity contribution >= 4 is 23.2 Å². The van der Waals surface area contributed by atoms with E-state index in [-0.39, 0.29) is 11.8 Å². The average Bonchev–Trinajstić information content (AvgIpc) is 2.97. The standard InChI is InChI=1S/C20H24N2O2S/c23-19(15-8-4-3-5-9-15)18-13-12-17(25-18)14-21-20(24)22-16-10-6-1-2-7-11-16/h3-5,8-9,12-13,16H,1-2,6-7,10-11,14H2,(H2,21,22,24). The molecule has 2 amide bonds. The highest BCUT2D eigenvalue weighted by Crippen LogP contribution is 2.20. The Hall–Kier alpha value is -2.14. The Labute approximate surface area is 152 Å². The molecule has 0 unspecified atom stereocenters. The van der Waals surface area contributed by atoms with E-state index in [1.54, 1.807) is 0 Å². The summed E-state index contributed by atoms with van der Waals surface area (Å²) in [6, 6.07) is 13.2. The van der Waals surface area contributed by atoms with Crippen molar-refractivity contribution in [2.75, 3.05) is 0 Å². The molecule has 1 fully saturated rings. The maximum atomic E-state index is 12.4. The third-order valence-electron chi connectivity index (χ3n) is 4.53. The first-order valence-corrected chi connectivity index (χ1v) is 9.77. The van der Waals surface area contributed by atoms with Gasteiger partial charge in [-0.2, -0.15) is 0 Å². The highest BCUT2D eigenvalue weighted by Gasteiger charge is 2.15. The van der Waals surface area contributed by atoms with Gasteiger partial charge in [0, 0.05) is 16.5 Å². The van der Waals surface area contributed by atoms with Gasteiger partial charge < -0.3 is 10.6 Å². The number of ketones is 1. The second-order valence-electron chi connectivity index (χ2n) is 6.48. The highest BCUT2D eigenvalue weighted by molar-refractivity contribution is 7.14. The molecule has 0 spiro atoms. The molecule has 1 aromatic heterocycles. The summed E-state index contributed by atoms with van der Waals surface area (Å²) >= 11 is 1.44. The van der Waals surface area contributed by atoms with Crippen molar-refractivity contribution in [2.45, 2.75) is 51.1 Å². The average molecular weight is 356 g/mol. The van der Waals surface area contributed by atoms with Crippen LogP contribution in [-0.2, 0) is 6.54 Å². The molecule has 2 aromatic rings. The van der Waals surface area contributed by atoms with E-state index in [1.165, 1.54) is 37.0 Å². The van der Waals surface area contributed by atoms with E-state index in [0.717, 1.165) is 17.7 Å². The van der Waals surface area contributed by atoms with Gasteiger partial charge >= 0.3 is 6.03 Å². The largest absolute Gasteiger partial charge is 0.335 e. The molecule has 5 heteroatoms. The van der Waals surface area contributed by atoms with Crippen LogP contribution < -0.4 is 10.6 Å². The first kappa shape index (κ1) is 17.7. The highest BCUT2D eigenvalue weighted by atomic mass is 32.1. The molecule has 4 nitrogen and oxygen atoms in total. The fourth-order valence-corrected chi connectivity index (χ4v) is 4.06. The maximum absolute atomic E-state index is 12.4. The number of rotatable bonds is 5. The zero-order valence-electron chi connectivity index (χ0n) is 14.3. The Balaban J connectivity index is 1.49. The lowest BCUT2D eigenvalue weighted by Gasteiger charge is -2.16. The number of hydrogen-bond donors (Lipinski definition) is 2. The molecular formula is C20H24N2O2S. The van der Waals surface area contributed by atoms with Gasteiger partial charge in [0.05, 0.1) is 11.4 Å². The minimum absolute atomic E-state index is 0.0276. The molecule has 0 radical (unpaired) electrons. The van der Waals surface area contributed by atoms with Crippen LogP contribution in [0, 0.1) is 0 Å². The van der Waals surface area contributed by atoms with E-state index in [9.17, 15) is 9.59 Å². The van der Waals surface area contributed by atoms with Crippen LogP contribution in [0.2, 0.25) is 0 Å². The lowest BCUT2D eigenvalue weighted by molar-refractivity contribution is 0.104. The Morgan fingerprint density at radius 3 is 2.40 bits per heavy atom. The first-order chi connectivity index (χ1) is 12.2. The fraction of sp³-hybridized carbons (Fsp3) is 0.400. The zero-order valence-corrected chi connectivity index (χ0v) is 15.1. The summed E-state index contributed by atoms with van der Waals surface area (Å²) in [6.45, 7) is 0.450. The van der Waals surface area contributed by atoms with Crippen molar-refractivity contribution < 1.29 is 9.59 Å². The van der Waals surface area contributed by atoms with Gasteiger partial charge in [-0.3, -0.25) is 4.79 Å². The molecule has 0 bridgehead atoms. The zero-order chi connectivity index (χ0) is 17.5. The maximum Gasteiger partial charge on any atom is 0.315 e. The third kappa shape index (κ3) is 5.16. The van der Waals surface area contributed by atoms with Crippen molar-refractivity contribution in [3.8, 4) is 0 Å². The summed E-state index contributed by atoms with van der Waals surface area (Å²) in [5.41, 5.74) is 0.690. The Kier molecular flexibility index (Phi) is 6.23.